The van der Waals surface area contributed by atoms with Crippen molar-refractivity contribution in [2.75, 3.05) is 25.1 Å². The molecule has 0 bridgehead atoms. The molecule has 4 atom stereocenters. The fourth-order valence-electron chi connectivity index (χ4n) is 5.45. The maximum Gasteiger partial charge on any atom is 0.329 e. The van der Waals surface area contributed by atoms with E-state index in [2.05, 4.69) is 0 Å². The molecule has 11 heteroatoms. The molecule has 0 radical (unpaired) electrons. The number of H-pyrrole nitrogens is 1. The van der Waals surface area contributed by atoms with Crippen molar-refractivity contribution < 1.29 is 28.1 Å². The van der Waals surface area contributed by atoms with Crippen molar-refractivity contribution in [1.82, 2.24) is 9.55 Å². The van der Waals surface area contributed by atoms with Crippen molar-refractivity contribution >= 4 is 16.6 Å². The summed E-state index contributed by atoms with van der Waals surface area (Å²) in [6.07, 6.45) is -2.95. The topological polar surface area (TPSA) is 108 Å². The van der Waals surface area contributed by atoms with E-state index in [-0.39, 0.29) is 47.9 Å². The SMILES string of the molecule is COc1c(N2CC3CCC(O)C(O)C3C2)c(F)c(C(F)F)c2c(=O)[nH]c(=O)n(C3CC3)c12. The zero-order valence-corrected chi connectivity index (χ0v) is 17.4. The molecule has 2 aliphatic carbocycles. The van der Waals surface area contributed by atoms with E-state index in [1.165, 1.54) is 16.6 Å². The van der Waals surface area contributed by atoms with Crippen LogP contribution in [-0.4, -0.2) is 52.2 Å². The van der Waals surface area contributed by atoms with Crippen molar-refractivity contribution in [3.8, 4) is 5.75 Å². The van der Waals surface area contributed by atoms with E-state index in [9.17, 15) is 28.6 Å². The molecule has 2 heterocycles. The van der Waals surface area contributed by atoms with Gasteiger partial charge in [-0.15, -0.1) is 0 Å². The number of alkyl halides is 2. The standard InChI is InChI=1S/C21H24F3N3O5/c1-32-18-15-13(20(30)25-21(31)27(15)9-3-4-9)12(19(23)24)14(22)16(18)26-6-8-2-5-11(28)17(29)10(8)7-26/h8-11,17,19,28-29H,2-7H2,1H3,(H,25,30,31). The minimum atomic E-state index is -3.30. The van der Waals surface area contributed by atoms with Gasteiger partial charge in [0, 0.05) is 25.0 Å². The van der Waals surface area contributed by atoms with Gasteiger partial charge in [0.15, 0.2) is 11.6 Å². The van der Waals surface area contributed by atoms with Gasteiger partial charge in [0.2, 0.25) is 0 Å². The molecule has 1 aliphatic heterocycles. The van der Waals surface area contributed by atoms with Crippen LogP contribution in [0.1, 0.15) is 43.7 Å². The Bertz CT molecular complexity index is 1190. The number of fused-ring (bicyclic) bond motifs is 2. The first-order valence-electron chi connectivity index (χ1n) is 10.7. The van der Waals surface area contributed by atoms with Gasteiger partial charge in [0.1, 0.15) is 11.2 Å². The molecule has 1 aromatic carbocycles. The Morgan fingerprint density at radius 2 is 1.84 bits per heavy atom. The second-order valence-corrected chi connectivity index (χ2v) is 8.96. The van der Waals surface area contributed by atoms with Crippen molar-refractivity contribution in [2.24, 2.45) is 11.8 Å². The normalized spacial score (nSPS) is 27.9. The van der Waals surface area contributed by atoms with Gasteiger partial charge < -0.3 is 19.8 Å². The van der Waals surface area contributed by atoms with Gasteiger partial charge in [0.25, 0.3) is 12.0 Å². The molecule has 2 aromatic rings. The summed E-state index contributed by atoms with van der Waals surface area (Å²) >= 11 is 0. The molecule has 3 N–H and O–H groups in total. The fraction of sp³-hybridized carbons (Fsp3) is 0.619. The molecule has 5 rings (SSSR count). The summed E-state index contributed by atoms with van der Waals surface area (Å²) in [4.78, 5) is 28.7. The molecule has 174 valence electrons. The Hall–Kier alpha value is -2.53. The Kier molecular flexibility index (Phi) is 5.01. The number of halogens is 3. The first kappa shape index (κ1) is 21.3. The number of aliphatic hydroxyl groups excluding tert-OH is 2. The van der Waals surface area contributed by atoms with E-state index < -0.39 is 46.6 Å². The number of anilines is 1. The van der Waals surface area contributed by atoms with Crippen LogP contribution in [0.25, 0.3) is 10.9 Å². The molecule has 8 nitrogen and oxygen atoms in total. The largest absolute Gasteiger partial charge is 0.492 e. The van der Waals surface area contributed by atoms with Gasteiger partial charge in [-0.25, -0.2) is 18.0 Å². The van der Waals surface area contributed by atoms with Crippen LogP contribution < -0.4 is 20.9 Å². The third-order valence-corrected chi connectivity index (χ3v) is 7.10. The number of ether oxygens (including phenoxy) is 1. The number of nitrogens with one attached hydrogen (secondary N) is 1. The zero-order chi connectivity index (χ0) is 22.9. The number of methoxy groups -OCH3 is 1. The summed E-state index contributed by atoms with van der Waals surface area (Å²) in [5.41, 5.74) is -3.29. The first-order chi connectivity index (χ1) is 15.2. The number of hydrogen-bond donors (Lipinski definition) is 3. The lowest BCUT2D eigenvalue weighted by atomic mass is 9.78. The fourth-order valence-corrected chi connectivity index (χ4v) is 5.45. The lowest BCUT2D eigenvalue weighted by Crippen LogP contribution is -2.42. The van der Waals surface area contributed by atoms with E-state index in [0.717, 1.165) is 0 Å². The molecular weight excluding hydrogens is 431 g/mol. The highest BCUT2D eigenvalue weighted by Gasteiger charge is 2.45. The van der Waals surface area contributed by atoms with E-state index in [1.807, 2.05) is 4.98 Å². The van der Waals surface area contributed by atoms with Crippen LogP contribution in [0.15, 0.2) is 9.59 Å². The zero-order valence-electron chi connectivity index (χ0n) is 17.4. The number of aliphatic hydroxyl groups is 2. The second-order valence-electron chi connectivity index (χ2n) is 8.96. The Morgan fingerprint density at radius 1 is 1.12 bits per heavy atom. The molecule has 1 aromatic heterocycles. The minimum Gasteiger partial charge on any atom is -0.492 e. The lowest BCUT2D eigenvalue weighted by Gasteiger charge is -2.32. The highest BCUT2D eigenvalue weighted by atomic mass is 19.3. The number of benzene rings is 1. The van der Waals surface area contributed by atoms with Crippen LogP contribution >= 0.6 is 0 Å². The summed E-state index contributed by atoms with van der Waals surface area (Å²) < 4.78 is 50.5. The molecule has 3 aliphatic rings. The molecule has 4 unspecified atom stereocenters. The third kappa shape index (κ3) is 3.05. The van der Waals surface area contributed by atoms with Gasteiger partial charge in [0.05, 0.1) is 30.3 Å². The molecule has 3 fully saturated rings. The van der Waals surface area contributed by atoms with Crippen LogP contribution in [0.4, 0.5) is 18.9 Å². The van der Waals surface area contributed by atoms with Gasteiger partial charge >= 0.3 is 5.69 Å². The summed E-state index contributed by atoms with van der Waals surface area (Å²) in [5.74, 6) is -1.85. The van der Waals surface area contributed by atoms with Gasteiger partial charge in [-0.2, -0.15) is 0 Å². The van der Waals surface area contributed by atoms with Crippen LogP contribution in [0.5, 0.6) is 5.75 Å². The maximum absolute atomic E-state index is 15.7. The molecule has 32 heavy (non-hydrogen) atoms. The minimum absolute atomic E-state index is 0.0620. The number of nitrogens with zero attached hydrogens (tertiary/aromatic N) is 2. The number of aromatic amines is 1. The lowest BCUT2D eigenvalue weighted by molar-refractivity contribution is -0.0532. The second kappa shape index (κ2) is 7.51. The number of aromatic nitrogens is 2. The summed E-state index contributed by atoms with van der Waals surface area (Å²) in [7, 11) is 1.24. The highest BCUT2D eigenvalue weighted by Crippen LogP contribution is 2.48. The Labute approximate surface area is 180 Å². The first-order valence-corrected chi connectivity index (χ1v) is 10.7. The van der Waals surface area contributed by atoms with E-state index in [4.69, 9.17) is 4.74 Å². The van der Waals surface area contributed by atoms with E-state index >= 15 is 4.39 Å². The van der Waals surface area contributed by atoms with Gasteiger partial charge in [-0.3, -0.25) is 14.3 Å². The van der Waals surface area contributed by atoms with Gasteiger partial charge in [-0.1, -0.05) is 0 Å². The molecule has 2 saturated carbocycles. The third-order valence-electron chi connectivity index (χ3n) is 7.10. The molecule has 1 saturated heterocycles. The molecule has 0 spiro atoms. The number of rotatable bonds is 4. The average molecular weight is 455 g/mol. The monoisotopic (exact) mass is 455 g/mol. The van der Waals surface area contributed by atoms with E-state index in [1.54, 1.807) is 0 Å². The van der Waals surface area contributed by atoms with Gasteiger partial charge in [-0.05, 0) is 31.6 Å². The van der Waals surface area contributed by atoms with E-state index in [0.29, 0.717) is 25.7 Å². The van der Waals surface area contributed by atoms with Crippen molar-refractivity contribution in [3.05, 3.63) is 32.2 Å². The summed E-state index contributed by atoms with van der Waals surface area (Å²) in [6.45, 7) is 0.397. The summed E-state index contributed by atoms with van der Waals surface area (Å²) in [6, 6.07) is -0.294. The average Bonchev–Trinajstić information content (AvgIpc) is 3.48. The maximum atomic E-state index is 15.7. The van der Waals surface area contributed by atoms with Crippen molar-refractivity contribution in [3.63, 3.8) is 0 Å². The molecule has 0 amide bonds. The molecular formula is C21H24F3N3O5. The quantitative estimate of drug-likeness (QED) is 0.648. The number of hydrogen-bond acceptors (Lipinski definition) is 6. The Balaban J connectivity index is 1.79. The highest BCUT2D eigenvalue weighted by molar-refractivity contribution is 5.94. The predicted molar refractivity (Wildman–Crippen MR) is 109 cm³/mol. The van der Waals surface area contributed by atoms with Crippen molar-refractivity contribution in [2.45, 2.75) is 50.4 Å². The Morgan fingerprint density at radius 3 is 2.47 bits per heavy atom. The van der Waals surface area contributed by atoms with Crippen LogP contribution in [0, 0.1) is 17.7 Å². The van der Waals surface area contributed by atoms with Crippen molar-refractivity contribution in [1.29, 1.82) is 0 Å². The van der Waals surface area contributed by atoms with Crippen LogP contribution in [0.3, 0.4) is 0 Å². The van der Waals surface area contributed by atoms with Crippen LogP contribution in [-0.2, 0) is 0 Å². The predicted octanol–water partition coefficient (Wildman–Crippen LogP) is 1.68. The van der Waals surface area contributed by atoms with Crippen LogP contribution in [0.2, 0.25) is 0 Å². The smallest absolute Gasteiger partial charge is 0.329 e. The summed E-state index contributed by atoms with van der Waals surface area (Å²) in [5, 5.41) is 19.8.